The number of hydrogen-bond donors (Lipinski definition) is 0. The van der Waals surface area contributed by atoms with Gasteiger partial charge in [0.1, 0.15) is 0 Å². The van der Waals surface area contributed by atoms with Gasteiger partial charge in [0.2, 0.25) is 0 Å². The Morgan fingerprint density at radius 2 is 0.543 bits per heavy atom. The fourth-order valence-corrected chi connectivity index (χ4v) is 19.7. The van der Waals surface area contributed by atoms with Gasteiger partial charge in [0.05, 0.1) is 0 Å². The average Bonchev–Trinajstić information content (AvgIpc) is 3.07. The van der Waals surface area contributed by atoms with Crippen molar-refractivity contribution in [2.45, 2.75) is 208 Å². The number of unbranched alkanes of at least 4 members (excludes halogenated alkanes) is 18. The molecule has 0 bridgehead atoms. The summed E-state index contributed by atoms with van der Waals surface area (Å²) >= 11 is 0. The van der Waals surface area contributed by atoms with Gasteiger partial charge in [-0.3, -0.25) is 0 Å². The van der Waals surface area contributed by atoms with Gasteiger partial charge in [-0.2, -0.15) is 0 Å². The Labute approximate surface area is 293 Å². The molecule has 0 aromatic heterocycles. The van der Waals surface area contributed by atoms with Crippen LogP contribution in [0.2, 0.25) is 0 Å². The van der Waals surface area contributed by atoms with Crippen LogP contribution in [0.1, 0.15) is 207 Å². The second kappa shape index (κ2) is 29.9. The monoisotopic (exact) mass is 679 g/mol. The zero-order valence-electron chi connectivity index (χ0n) is 32.9. The third-order valence-electron chi connectivity index (χ3n) is 11.6. The summed E-state index contributed by atoms with van der Waals surface area (Å²) in [6.45, 7) is 14.4. The Bertz CT molecular complexity index is 723. The maximum atomic E-state index is 2.64. The third-order valence-corrected chi connectivity index (χ3v) is 22.4. The van der Waals surface area contributed by atoms with Crippen LogP contribution in [0, 0.1) is 0 Å². The standard InChI is InChI=1S/C44H88P2/c1-7-13-19-22-25-30-38-46(39-31-26-23-20-14-8-2,40-32-27-24-21-15-9-3)42-44-34-29-28-33-43(44)41-45(35-16-10-4,36-17-11-5)37-18-12-6/h28-29,33-34,45-46H,7-27,30-32,35-42H2,1-6H3. The SMILES string of the molecule is CCCCCCCC[PH](CCCCCCCC)(CCCCCCCC)Cc1ccccc1C[PH](CCCC)(CCCC)CCCC. The van der Waals surface area contributed by atoms with E-state index in [1.54, 1.807) is 37.0 Å². The molecule has 1 rings (SSSR count). The van der Waals surface area contributed by atoms with E-state index in [9.17, 15) is 0 Å². The molecular formula is C44H88P2. The molecule has 2 heteroatoms. The van der Waals surface area contributed by atoms with Gasteiger partial charge in [0.25, 0.3) is 0 Å². The van der Waals surface area contributed by atoms with E-state index < -0.39 is 14.5 Å². The Morgan fingerprint density at radius 1 is 0.304 bits per heavy atom. The summed E-state index contributed by atoms with van der Waals surface area (Å²) in [5, 5.41) is 0. The molecule has 0 aliphatic rings. The molecule has 0 saturated heterocycles. The number of hydrogen-bond acceptors (Lipinski definition) is 0. The minimum atomic E-state index is -1.41. The Hall–Kier alpha value is 0.0800. The van der Waals surface area contributed by atoms with Crippen molar-refractivity contribution in [2.24, 2.45) is 0 Å². The summed E-state index contributed by atoms with van der Waals surface area (Å²) in [7, 11) is -2.73. The van der Waals surface area contributed by atoms with Crippen molar-refractivity contribution in [3.05, 3.63) is 35.4 Å². The normalized spacial score (nSPS) is 13.0. The maximum absolute atomic E-state index is 2.64. The molecular weight excluding hydrogens is 590 g/mol. The van der Waals surface area contributed by atoms with Crippen LogP contribution in [0.3, 0.4) is 0 Å². The fraction of sp³-hybridized carbons (Fsp3) is 0.864. The average molecular weight is 679 g/mol. The molecule has 0 saturated carbocycles. The molecule has 274 valence electrons. The van der Waals surface area contributed by atoms with Crippen LogP contribution >= 0.6 is 14.5 Å². The van der Waals surface area contributed by atoms with Crippen molar-refractivity contribution in [1.82, 2.24) is 0 Å². The van der Waals surface area contributed by atoms with Gasteiger partial charge in [-0.1, -0.05) is 0 Å². The molecule has 1 aromatic rings. The topological polar surface area (TPSA) is 0 Å². The van der Waals surface area contributed by atoms with Gasteiger partial charge >= 0.3 is 295 Å². The van der Waals surface area contributed by atoms with Gasteiger partial charge in [-0.25, -0.2) is 0 Å². The summed E-state index contributed by atoms with van der Waals surface area (Å²) in [5.41, 5.74) is 3.65. The predicted molar refractivity (Wildman–Crippen MR) is 225 cm³/mol. The van der Waals surface area contributed by atoms with Crippen molar-refractivity contribution in [1.29, 1.82) is 0 Å². The quantitative estimate of drug-likeness (QED) is 0.0503. The van der Waals surface area contributed by atoms with E-state index >= 15 is 0 Å². The van der Waals surface area contributed by atoms with Crippen molar-refractivity contribution < 1.29 is 0 Å². The summed E-state index contributed by atoms with van der Waals surface area (Å²) in [4.78, 5) is 0. The van der Waals surface area contributed by atoms with Crippen LogP contribution in [0.15, 0.2) is 24.3 Å². The van der Waals surface area contributed by atoms with Gasteiger partial charge in [-0.15, -0.1) is 0 Å². The van der Waals surface area contributed by atoms with E-state index in [2.05, 4.69) is 65.8 Å². The first kappa shape index (κ1) is 44.1. The molecule has 0 atom stereocenters. The molecule has 46 heavy (non-hydrogen) atoms. The third kappa shape index (κ3) is 20.6. The van der Waals surface area contributed by atoms with Gasteiger partial charge in [-0.05, 0) is 0 Å². The molecule has 0 N–H and O–H groups in total. The predicted octanol–water partition coefficient (Wildman–Crippen LogP) is 15.7. The molecule has 0 unspecified atom stereocenters. The van der Waals surface area contributed by atoms with Crippen molar-refractivity contribution >= 4 is 14.5 Å². The minimum absolute atomic E-state index is 1.32. The molecule has 0 radical (unpaired) electrons. The zero-order valence-corrected chi connectivity index (χ0v) is 34.9. The summed E-state index contributed by atoms with van der Waals surface area (Å²) < 4.78 is 0. The van der Waals surface area contributed by atoms with Gasteiger partial charge in [0.15, 0.2) is 0 Å². The van der Waals surface area contributed by atoms with E-state index in [1.165, 1.54) is 166 Å². The van der Waals surface area contributed by atoms with E-state index in [-0.39, 0.29) is 0 Å². The van der Waals surface area contributed by atoms with Crippen LogP contribution in [0.4, 0.5) is 0 Å². The zero-order chi connectivity index (χ0) is 33.6. The molecule has 0 aliphatic carbocycles. The van der Waals surface area contributed by atoms with Crippen LogP contribution in [-0.4, -0.2) is 37.0 Å². The van der Waals surface area contributed by atoms with Crippen molar-refractivity contribution in [3.63, 3.8) is 0 Å². The van der Waals surface area contributed by atoms with Crippen LogP contribution in [0.25, 0.3) is 0 Å². The Morgan fingerprint density at radius 3 is 0.826 bits per heavy atom. The van der Waals surface area contributed by atoms with Crippen LogP contribution in [0.5, 0.6) is 0 Å². The summed E-state index contributed by atoms with van der Waals surface area (Å²) in [6, 6.07) is 10.1. The Balaban J connectivity index is 3.33. The Kier molecular flexibility index (Phi) is 28.7. The van der Waals surface area contributed by atoms with E-state index in [0.29, 0.717) is 0 Å². The second-order valence-electron chi connectivity index (χ2n) is 16.0. The van der Waals surface area contributed by atoms with Gasteiger partial charge < -0.3 is 0 Å². The molecule has 0 spiro atoms. The first-order valence-corrected chi connectivity index (χ1v) is 27.3. The van der Waals surface area contributed by atoms with Crippen molar-refractivity contribution in [2.75, 3.05) is 37.0 Å². The number of benzene rings is 1. The second-order valence-corrected chi connectivity index (χ2v) is 25.7. The first-order valence-electron chi connectivity index (χ1n) is 21.6. The fourth-order valence-electron chi connectivity index (χ4n) is 8.49. The first-order chi connectivity index (χ1) is 22.5. The van der Waals surface area contributed by atoms with Crippen LogP contribution < -0.4 is 0 Å². The van der Waals surface area contributed by atoms with E-state index in [0.717, 1.165) is 0 Å². The molecule has 0 aliphatic heterocycles. The van der Waals surface area contributed by atoms with E-state index in [4.69, 9.17) is 0 Å². The molecule has 0 amide bonds. The number of rotatable bonds is 34. The summed E-state index contributed by atoms with van der Waals surface area (Å²) in [5.74, 6) is 0. The van der Waals surface area contributed by atoms with E-state index in [1.807, 2.05) is 11.1 Å². The molecule has 0 heterocycles. The van der Waals surface area contributed by atoms with Crippen LogP contribution in [-0.2, 0) is 12.3 Å². The molecule has 0 nitrogen and oxygen atoms in total. The van der Waals surface area contributed by atoms with Gasteiger partial charge in [0, 0.05) is 0 Å². The summed E-state index contributed by atoms with van der Waals surface area (Å²) in [6.07, 6.45) is 47.3. The molecule has 1 aromatic carbocycles. The molecule has 0 fully saturated rings. The van der Waals surface area contributed by atoms with Crippen molar-refractivity contribution in [3.8, 4) is 0 Å².